The Morgan fingerprint density at radius 1 is 1.47 bits per heavy atom. The van der Waals surface area contributed by atoms with Crippen LogP contribution in [0.3, 0.4) is 0 Å². The monoisotopic (exact) mass is 266 g/mol. The Balaban J connectivity index is 1.96. The summed E-state index contributed by atoms with van der Waals surface area (Å²) in [6.45, 7) is 5.81. The molecule has 1 aromatic heterocycles. The van der Waals surface area contributed by atoms with E-state index in [4.69, 9.17) is 9.15 Å². The smallest absolute Gasteiger partial charge is 0.220 e. The van der Waals surface area contributed by atoms with Crippen molar-refractivity contribution in [2.24, 2.45) is 0 Å². The zero-order valence-corrected chi connectivity index (χ0v) is 11.4. The molecule has 0 aromatic carbocycles. The topological polar surface area (TPSA) is 54.7 Å². The number of hydrogen-bond acceptors (Lipinski definition) is 4. The first kappa shape index (κ1) is 14.1. The average molecular weight is 266 g/mol. The molecule has 5 heteroatoms. The second kappa shape index (κ2) is 7.31. The highest BCUT2D eigenvalue weighted by molar-refractivity contribution is 5.75. The quantitative estimate of drug-likeness (QED) is 0.849. The van der Waals surface area contributed by atoms with Crippen molar-refractivity contribution in [1.82, 2.24) is 10.2 Å². The largest absolute Gasteiger partial charge is 0.468 e. The van der Waals surface area contributed by atoms with Crippen molar-refractivity contribution >= 4 is 5.91 Å². The van der Waals surface area contributed by atoms with Gasteiger partial charge >= 0.3 is 0 Å². The number of morpholine rings is 1. The molecule has 106 valence electrons. The molecule has 5 nitrogen and oxygen atoms in total. The average Bonchev–Trinajstić information content (AvgIpc) is 2.94. The minimum Gasteiger partial charge on any atom is -0.468 e. The molecule has 1 amide bonds. The number of hydrogen-bond donors (Lipinski definition) is 1. The van der Waals surface area contributed by atoms with Gasteiger partial charge < -0.3 is 14.5 Å². The minimum atomic E-state index is 0.0970. The zero-order chi connectivity index (χ0) is 13.5. The van der Waals surface area contributed by atoms with Gasteiger partial charge in [-0.3, -0.25) is 9.69 Å². The van der Waals surface area contributed by atoms with E-state index in [0.717, 1.165) is 38.5 Å². The normalized spacial score (nSPS) is 18.2. The summed E-state index contributed by atoms with van der Waals surface area (Å²) in [5.41, 5.74) is 0. The predicted molar refractivity (Wildman–Crippen MR) is 71.8 cm³/mol. The predicted octanol–water partition coefficient (Wildman–Crippen LogP) is 1.57. The van der Waals surface area contributed by atoms with E-state index >= 15 is 0 Å². The lowest BCUT2D eigenvalue weighted by Crippen LogP contribution is -2.43. The second-order valence-electron chi connectivity index (χ2n) is 4.73. The van der Waals surface area contributed by atoms with Crippen LogP contribution >= 0.6 is 0 Å². The van der Waals surface area contributed by atoms with Gasteiger partial charge in [0.1, 0.15) is 5.76 Å². The minimum absolute atomic E-state index is 0.0970. The lowest BCUT2D eigenvalue weighted by atomic mass is 10.1. The van der Waals surface area contributed by atoms with Crippen molar-refractivity contribution in [3.05, 3.63) is 24.2 Å². The fourth-order valence-electron chi connectivity index (χ4n) is 2.31. The second-order valence-corrected chi connectivity index (χ2v) is 4.73. The van der Waals surface area contributed by atoms with Gasteiger partial charge in [-0.05, 0) is 18.6 Å². The van der Waals surface area contributed by atoms with Crippen LogP contribution in [0.2, 0.25) is 0 Å². The molecule has 1 fully saturated rings. The van der Waals surface area contributed by atoms with Gasteiger partial charge in [-0.15, -0.1) is 0 Å². The number of amides is 1. The molecular weight excluding hydrogens is 244 g/mol. The summed E-state index contributed by atoms with van der Waals surface area (Å²) in [6, 6.07) is 3.95. The number of nitrogens with one attached hydrogen (secondary N) is 1. The SMILES string of the molecule is CCCC(=O)NC[C@@H](c1ccco1)N1CCOCC1. The third-order valence-electron chi connectivity index (χ3n) is 3.33. The van der Waals surface area contributed by atoms with Crippen LogP contribution in [0.5, 0.6) is 0 Å². The molecule has 19 heavy (non-hydrogen) atoms. The first-order chi connectivity index (χ1) is 9.31. The van der Waals surface area contributed by atoms with Crippen LogP contribution in [-0.2, 0) is 9.53 Å². The third-order valence-corrected chi connectivity index (χ3v) is 3.33. The summed E-state index contributed by atoms with van der Waals surface area (Å²) >= 11 is 0. The van der Waals surface area contributed by atoms with Crippen molar-refractivity contribution in [2.45, 2.75) is 25.8 Å². The maximum atomic E-state index is 11.6. The van der Waals surface area contributed by atoms with Gasteiger partial charge in [-0.25, -0.2) is 0 Å². The molecule has 0 spiro atoms. The number of furan rings is 1. The van der Waals surface area contributed by atoms with Crippen LogP contribution in [-0.4, -0.2) is 43.7 Å². The fraction of sp³-hybridized carbons (Fsp3) is 0.643. The van der Waals surface area contributed by atoms with E-state index in [0.29, 0.717) is 13.0 Å². The summed E-state index contributed by atoms with van der Waals surface area (Å²) < 4.78 is 10.9. The van der Waals surface area contributed by atoms with Crippen molar-refractivity contribution in [2.75, 3.05) is 32.8 Å². The Kier molecular flexibility index (Phi) is 5.42. The zero-order valence-electron chi connectivity index (χ0n) is 11.4. The highest BCUT2D eigenvalue weighted by atomic mass is 16.5. The number of ether oxygens (including phenoxy) is 1. The first-order valence-electron chi connectivity index (χ1n) is 6.93. The van der Waals surface area contributed by atoms with Crippen LogP contribution in [0.25, 0.3) is 0 Å². The molecule has 2 rings (SSSR count). The Hall–Kier alpha value is -1.33. The summed E-state index contributed by atoms with van der Waals surface area (Å²) in [7, 11) is 0. The highest BCUT2D eigenvalue weighted by Gasteiger charge is 2.24. The van der Waals surface area contributed by atoms with Gasteiger partial charge in [-0.1, -0.05) is 6.92 Å². The molecule has 2 heterocycles. The van der Waals surface area contributed by atoms with Gasteiger partial charge in [-0.2, -0.15) is 0 Å². The van der Waals surface area contributed by atoms with Gasteiger partial charge in [0.2, 0.25) is 5.91 Å². The molecule has 1 atom stereocenters. The molecule has 1 aliphatic heterocycles. The summed E-state index contributed by atoms with van der Waals surface area (Å²) in [6.07, 6.45) is 3.12. The van der Waals surface area contributed by atoms with Crippen molar-refractivity contribution in [3.8, 4) is 0 Å². The summed E-state index contributed by atoms with van der Waals surface area (Å²) in [5, 5.41) is 2.99. The lowest BCUT2D eigenvalue weighted by Gasteiger charge is -2.33. The molecule has 0 unspecified atom stereocenters. The molecular formula is C14H22N2O3. The van der Waals surface area contributed by atoms with E-state index < -0.39 is 0 Å². The van der Waals surface area contributed by atoms with E-state index in [1.165, 1.54) is 0 Å². The molecule has 1 N–H and O–H groups in total. The summed E-state index contributed by atoms with van der Waals surface area (Å²) in [4.78, 5) is 13.9. The van der Waals surface area contributed by atoms with Gasteiger partial charge in [0, 0.05) is 26.1 Å². The molecule has 1 aromatic rings. The van der Waals surface area contributed by atoms with Gasteiger partial charge in [0.25, 0.3) is 0 Å². The van der Waals surface area contributed by atoms with Crippen molar-refractivity contribution < 1.29 is 13.9 Å². The standard InChI is InChI=1S/C14H22N2O3/c1-2-4-14(17)15-11-12(13-5-3-8-19-13)16-6-9-18-10-7-16/h3,5,8,12H,2,4,6-7,9-11H2,1H3,(H,15,17)/t12-/m0/s1. The van der Waals surface area contributed by atoms with E-state index in [1.807, 2.05) is 19.1 Å². The fourth-order valence-corrected chi connectivity index (χ4v) is 2.31. The van der Waals surface area contributed by atoms with E-state index in [1.54, 1.807) is 6.26 Å². The molecule has 0 saturated carbocycles. The van der Waals surface area contributed by atoms with E-state index in [2.05, 4.69) is 10.2 Å². The van der Waals surface area contributed by atoms with Crippen molar-refractivity contribution in [1.29, 1.82) is 0 Å². The Morgan fingerprint density at radius 2 is 2.26 bits per heavy atom. The van der Waals surface area contributed by atoms with Crippen LogP contribution < -0.4 is 5.32 Å². The van der Waals surface area contributed by atoms with Gasteiger partial charge in [0.15, 0.2) is 0 Å². The summed E-state index contributed by atoms with van der Waals surface area (Å²) in [5.74, 6) is 1.01. The van der Waals surface area contributed by atoms with Crippen LogP contribution in [0.15, 0.2) is 22.8 Å². The van der Waals surface area contributed by atoms with E-state index in [-0.39, 0.29) is 11.9 Å². The number of carbonyl (C=O) groups excluding carboxylic acids is 1. The van der Waals surface area contributed by atoms with Crippen LogP contribution in [0.4, 0.5) is 0 Å². The Bertz CT molecular complexity index is 372. The molecule has 0 aliphatic carbocycles. The molecule has 1 saturated heterocycles. The maximum Gasteiger partial charge on any atom is 0.220 e. The number of rotatable bonds is 6. The Labute approximate surface area is 113 Å². The lowest BCUT2D eigenvalue weighted by molar-refractivity contribution is -0.121. The van der Waals surface area contributed by atoms with E-state index in [9.17, 15) is 4.79 Å². The molecule has 0 bridgehead atoms. The number of carbonyl (C=O) groups is 1. The van der Waals surface area contributed by atoms with Crippen molar-refractivity contribution in [3.63, 3.8) is 0 Å². The highest BCUT2D eigenvalue weighted by Crippen LogP contribution is 2.21. The van der Waals surface area contributed by atoms with Crippen LogP contribution in [0, 0.1) is 0 Å². The third kappa shape index (κ3) is 4.08. The van der Waals surface area contributed by atoms with Crippen LogP contribution in [0.1, 0.15) is 31.6 Å². The molecule has 0 radical (unpaired) electrons. The first-order valence-corrected chi connectivity index (χ1v) is 6.93. The molecule has 1 aliphatic rings. The Morgan fingerprint density at radius 3 is 2.89 bits per heavy atom. The number of nitrogens with zero attached hydrogens (tertiary/aromatic N) is 1. The maximum absolute atomic E-state index is 11.6. The van der Waals surface area contributed by atoms with Gasteiger partial charge in [0.05, 0.1) is 25.5 Å².